The summed E-state index contributed by atoms with van der Waals surface area (Å²) >= 11 is 0. The average Bonchev–Trinajstić information content (AvgIpc) is 2.77. The summed E-state index contributed by atoms with van der Waals surface area (Å²) in [6.45, 7) is 2.60. The second-order valence-corrected chi connectivity index (χ2v) is 7.10. The van der Waals surface area contributed by atoms with E-state index in [0.29, 0.717) is 18.2 Å². The van der Waals surface area contributed by atoms with Crippen LogP contribution in [0.15, 0.2) is 61.1 Å². The zero-order valence-corrected chi connectivity index (χ0v) is 15.8. The molecule has 0 bridgehead atoms. The lowest BCUT2D eigenvalue weighted by Crippen LogP contribution is -2.40. The second-order valence-electron chi connectivity index (χ2n) is 7.10. The van der Waals surface area contributed by atoms with E-state index in [1.807, 2.05) is 36.4 Å². The van der Waals surface area contributed by atoms with Crippen LogP contribution in [0.4, 0.5) is 5.82 Å². The van der Waals surface area contributed by atoms with Crippen molar-refractivity contribution in [3.63, 3.8) is 0 Å². The Morgan fingerprint density at radius 1 is 1.11 bits per heavy atom. The van der Waals surface area contributed by atoms with Crippen molar-refractivity contribution in [2.45, 2.75) is 12.8 Å². The van der Waals surface area contributed by atoms with Gasteiger partial charge >= 0.3 is 0 Å². The van der Waals surface area contributed by atoms with Crippen molar-refractivity contribution in [2.75, 3.05) is 31.1 Å². The molecule has 144 valence electrons. The smallest absolute Gasteiger partial charge is 0.257 e. The third kappa shape index (κ3) is 4.57. The van der Waals surface area contributed by atoms with E-state index >= 15 is 0 Å². The minimum atomic E-state index is -0.0792. The number of hydrogen-bond acceptors (Lipinski definition) is 5. The Hall–Kier alpha value is -3.15. The number of anilines is 1. The van der Waals surface area contributed by atoms with E-state index in [0.717, 1.165) is 42.5 Å². The third-order valence-corrected chi connectivity index (χ3v) is 5.17. The summed E-state index contributed by atoms with van der Waals surface area (Å²) in [6.07, 6.45) is 7.26. The van der Waals surface area contributed by atoms with Crippen molar-refractivity contribution in [2.24, 2.45) is 5.92 Å². The molecular formula is C22H24N4O2. The zero-order chi connectivity index (χ0) is 19.2. The summed E-state index contributed by atoms with van der Waals surface area (Å²) in [5.74, 6) is 2.04. The molecule has 2 heterocycles. The molecule has 1 aliphatic rings. The van der Waals surface area contributed by atoms with Gasteiger partial charge in [0, 0.05) is 32.0 Å². The van der Waals surface area contributed by atoms with Crippen LogP contribution in [-0.2, 0) is 4.79 Å². The summed E-state index contributed by atoms with van der Waals surface area (Å²) in [6, 6.07) is 14.0. The number of amides is 1. The zero-order valence-electron chi connectivity index (χ0n) is 15.8. The SMILES string of the molecule is O=C(COc1ccc2ccccc2c1)NCC1CCN(c2cnccn2)CC1. The van der Waals surface area contributed by atoms with E-state index in [2.05, 4.69) is 26.3 Å². The number of hydrogen-bond donors (Lipinski definition) is 1. The molecule has 6 heteroatoms. The molecule has 0 aliphatic carbocycles. The standard InChI is InChI=1S/C22H24N4O2/c27-22(16-28-20-6-5-18-3-1-2-4-19(18)13-20)25-14-17-7-11-26(12-8-17)21-15-23-9-10-24-21/h1-6,9-10,13,15,17H,7-8,11-12,14,16H2,(H,25,27). The molecule has 1 N–H and O–H groups in total. The molecule has 3 aromatic rings. The molecule has 2 aromatic carbocycles. The van der Waals surface area contributed by atoms with Gasteiger partial charge in [0.15, 0.2) is 6.61 Å². The highest BCUT2D eigenvalue weighted by Gasteiger charge is 2.20. The van der Waals surface area contributed by atoms with Crippen molar-refractivity contribution >= 4 is 22.5 Å². The summed E-state index contributed by atoms with van der Waals surface area (Å²) in [4.78, 5) is 22.9. The van der Waals surface area contributed by atoms with Crippen LogP contribution in [0.1, 0.15) is 12.8 Å². The van der Waals surface area contributed by atoms with Crippen LogP contribution in [0.25, 0.3) is 10.8 Å². The maximum atomic E-state index is 12.1. The van der Waals surface area contributed by atoms with Gasteiger partial charge in [-0.3, -0.25) is 9.78 Å². The predicted octanol–water partition coefficient (Wildman–Crippen LogP) is 3.04. The molecule has 0 spiro atoms. The first-order chi connectivity index (χ1) is 13.8. The number of carbonyl (C=O) groups is 1. The largest absolute Gasteiger partial charge is 0.484 e. The lowest BCUT2D eigenvalue weighted by molar-refractivity contribution is -0.123. The van der Waals surface area contributed by atoms with E-state index in [4.69, 9.17) is 4.74 Å². The summed E-state index contributed by atoms with van der Waals surface area (Å²) < 4.78 is 5.66. The Labute approximate surface area is 164 Å². The fourth-order valence-electron chi connectivity index (χ4n) is 3.54. The first kappa shape index (κ1) is 18.2. The lowest BCUT2D eigenvalue weighted by Gasteiger charge is -2.32. The highest BCUT2D eigenvalue weighted by molar-refractivity contribution is 5.84. The molecular weight excluding hydrogens is 352 g/mol. The van der Waals surface area contributed by atoms with Crippen LogP contribution >= 0.6 is 0 Å². The molecule has 4 rings (SSSR count). The van der Waals surface area contributed by atoms with Crippen molar-refractivity contribution in [3.8, 4) is 5.75 Å². The van der Waals surface area contributed by atoms with Gasteiger partial charge in [0.2, 0.25) is 0 Å². The fourth-order valence-corrected chi connectivity index (χ4v) is 3.54. The van der Waals surface area contributed by atoms with E-state index in [-0.39, 0.29) is 12.5 Å². The summed E-state index contributed by atoms with van der Waals surface area (Å²) in [7, 11) is 0. The van der Waals surface area contributed by atoms with Crippen molar-refractivity contribution in [1.82, 2.24) is 15.3 Å². The number of rotatable bonds is 6. The molecule has 0 radical (unpaired) electrons. The van der Waals surface area contributed by atoms with E-state index in [1.54, 1.807) is 18.6 Å². The van der Waals surface area contributed by atoms with Crippen molar-refractivity contribution in [1.29, 1.82) is 0 Å². The average molecular weight is 376 g/mol. The van der Waals surface area contributed by atoms with Crippen LogP contribution in [0, 0.1) is 5.92 Å². The van der Waals surface area contributed by atoms with Gasteiger partial charge in [0.25, 0.3) is 5.91 Å². The Bertz CT molecular complexity index is 924. The van der Waals surface area contributed by atoms with Gasteiger partial charge < -0.3 is 15.0 Å². The van der Waals surface area contributed by atoms with Gasteiger partial charge in [-0.2, -0.15) is 0 Å². The fraction of sp³-hybridized carbons (Fsp3) is 0.318. The monoisotopic (exact) mass is 376 g/mol. The molecule has 0 atom stereocenters. The minimum absolute atomic E-state index is 0.0385. The molecule has 1 fully saturated rings. The van der Waals surface area contributed by atoms with Gasteiger partial charge in [-0.1, -0.05) is 30.3 Å². The van der Waals surface area contributed by atoms with Crippen LogP contribution in [0.5, 0.6) is 5.75 Å². The number of nitrogens with one attached hydrogen (secondary N) is 1. The van der Waals surface area contributed by atoms with E-state index in [9.17, 15) is 4.79 Å². The first-order valence-corrected chi connectivity index (χ1v) is 9.67. The van der Waals surface area contributed by atoms with E-state index in [1.165, 1.54) is 0 Å². The number of nitrogens with zero attached hydrogens (tertiary/aromatic N) is 3. The number of ether oxygens (including phenoxy) is 1. The number of aromatic nitrogens is 2. The lowest BCUT2D eigenvalue weighted by atomic mass is 9.97. The van der Waals surface area contributed by atoms with Gasteiger partial charge in [-0.05, 0) is 41.7 Å². The molecule has 28 heavy (non-hydrogen) atoms. The van der Waals surface area contributed by atoms with Gasteiger partial charge in [0.1, 0.15) is 11.6 Å². The number of piperidine rings is 1. The van der Waals surface area contributed by atoms with Gasteiger partial charge in [0.05, 0.1) is 6.20 Å². The Kier molecular flexibility index (Phi) is 5.66. The third-order valence-electron chi connectivity index (χ3n) is 5.17. The van der Waals surface area contributed by atoms with Crippen molar-refractivity contribution in [3.05, 3.63) is 61.1 Å². The predicted molar refractivity (Wildman–Crippen MR) is 109 cm³/mol. The minimum Gasteiger partial charge on any atom is -0.484 e. The molecule has 1 saturated heterocycles. The highest BCUT2D eigenvalue weighted by atomic mass is 16.5. The molecule has 1 amide bonds. The molecule has 0 unspecified atom stereocenters. The normalized spacial score (nSPS) is 14.8. The topological polar surface area (TPSA) is 67.3 Å². The molecule has 1 aromatic heterocycles. The highest BCUT2D eigenvalue weighted by Crippen LogP contribution is 2.21. The maximum Gasteiger partial charge on any atom is 0.257 e. The Balaban J connectivity index is 1.19. The summed E-state index contributed by atoms with van der Waals surface area (Å²) in [5.41, 5.74) is 0. The molecule has 1 aliphatic heterocycles. The number of benzene rings is 2. The quantitative estimate of drug-likeness (QED) is 0.716. The van der Waals surface area contributed by atoms with Crippen LogP contribution in [-0.4, -0.2) is 42.1 Å². The Morgan fingerprint density at radius 2 is 1.93 bits per heavy atom. The number of carbonyl (C=O) groups excluding carboxylic acids is 1. The van der Waals surface area contributed by atoms with Crippen molar-refractivity contribution < 1.29 is 9.53 Å². The molecule has 0 saturated carbocycles. The van der Waals surface area contributed by atoms with E-state index < -0.39 is 0 Å². The van der Waals surface area contributed by atoms with Crippen LogP contribution < -0.4 is 15.0 Å². The van der Waals surface area contributed by atoms with Crippen LogP contribution in [0.2, 0.25) is 0 Å². The first-order valence-electron chi connectivity index (χ1n) is 9.67. The van der Waals surface area contributed by atoms with Crippen LogP contribution in [0.3, 0.4) is 0 Å². The van der Waals surface area contributed by atoms with Gasteiger partial charge in [-0.15, -0.1) is 0 Å². The Morgan fingerprint density at radius 3 is 2.71 bits per heavy atom. The number of fused-ring (bicyclic) bond motifs is 1. The van der Waals surface area contributed by atoms with Gasteiger partial charge in [-0.25, -0.2) is 4.98 Å². The summed E-state index contributed by atoms with van der Waals surface area (Å²) in [5, 5.41) is 5.27. The second kappa shape index (κ2) is 8.69. The molecule has 6 nitrogen and oxygen atoms in total. The maximum absolute atomic E-state index is 12.1.